The zero-order chi connectivity index (χ0) is 14.4. The molecule has 0 spiro atoms. The molecule has 0 radical (unpaired) electrons. The number of nitrogens with zero attached hydrogens (tertiary/aromatic N) is 3. The van der Waals surface area contributed by atoms with Crippen LogP contribution in [0.15, 0.2) is 30.5 Å². The van der Waals surface area contributed by atoms with Gasteiger partial charge in [0.1, 0.15) is 0 Å². The quantitative estimate of drug-likeness (QED) is 0.787. The average molecular weight is 273 g/mol. The van der Waals surface area contributed by atoms with Gasteiger partial charge in [-0.05, 0) is 31.7 Å². The van der Waals surface area contributed by atoms with Gasteiger partial charge in [-0.1, -0.05) is 35.0 Å². The van der Waals surface area contributed by atoms with Crippen molar-refractivity contribution in [2.24, 2.45) is 0 Å². The Hall–Kier alpha value is -2.17. The molecule has 0 amide bonds. The number of rotatable bonds is 7. The van der Waals surface area contributed by atoms with Crippen LogP contribution in [0.25, 0.3) is 0 Å². The first-order chi connectivity index (χ1) is 9.63. The van der Waals surface area contributed by atoms with Crippen molar-refractivity contribution in [3.63, 3.8) is 0 Å². The van der Waals surface area contributed by atoms with Gasteiger partial charge in [0.15, 0.2) is 0 Å². The van der Waals surface area contributed by atoms with E-state index in [-0.39, 0.29) is 6.42 Å². The minimum absolute atomic E-state index is 0.220. The first kappa shape index (κ1) is 14.2. The maximum atomic E-state index is 10.4. The summed E-state index contributed by atoms with van der Waals surface area (Å²) in [6.45, 7) is 2.77. The van der Waals surface area contributed by atoms with Crippen LogP contribution in [0, 0.1) is 6.92 Å². The molecular formula is C15H19N3O2. The summed E-state index contributed by atoms with van der Waals surface area (Å²) >= 11 is 0. The Labute approximate surface area is 118 Å². The van der Waals surface area contributed by atoms with Gasteiger partial charge in [0.05, 0.1) is 12.2 Å². The van der Waals surface area contributed by atoms with Gasteiger partial charge in [-0.2, -0.15) is 0 Å². The lowest BCUT2D eigenvalue weighted by molar-refractivity contribution is -0.137. The van der Waals surface area contributed by atoms with Gasteiger partial charge in [0, 0.05) is 12.6 Å². The highest BCUT2D eigenvalue weighted by molar-refractivity contribution is 5.66. The summed E-state index contributed by atoms with van der Waals surface area (Å²) in [6, 6.07) is 8.34. The maximum absolute atomic E-state index is 10.4. The number of carbonyl (C=O) groups is 1. The number of hydrogen-bond donors (Lipinski definition) is 1. The highest BCUT2D eigenvalue weighted by Crippen LogP contribution is 2.07. The Morgan fingerprint density at radius 1 is 1.25 bits per heavy atom. The molecule has 0 fully saturated rings. The van der Waals surface area contributed by atoms with Crippen LogP contribution in [0.4, 0.5) is 0 Å². The van der Waals surface area contributed by atoms with Crippen LogP contribution in [-0.4, -0.2) is 26.1 Å². The van der Waals surface area contributed by atoms with Gasteiger partial charge in [-0.25, -0.2) is 4.68 Å². The van der Waals surface area contributed by atoms with E-state index in [9.17, 15) is 4.79 Å². The molecule has 0 atom stereocenters. The summed E-state index contributed by atoms with van der Waals surface area (Å²) in [6.07, 6.45) is 4.44. The highest BCUT2D eigenvalue weighted by Gasteiger charge is 2.03. The van der Waals surface area contributed by atoms with E-state index in [4.69, 9.17) is 5.11 Å². The second kappa shape index (κ2) is 6.84. The van der Waals surface area contributed by atoms with Gasteiger partial charge in [-0.3, -0.25) is 4.79 Å². The van der Waals surface area contributed by atoms with Gasteiger partial charge in [0.2, 0.25) is 0 Å². The van der Waals surface area contributed by atoms with Gasteiger partial charge < -0.3 is 5.11 Å². The second-order valence-corrected chi connectivity index (χ2v) is 4.99. The first-order valence-electron chi connectivity index (χ1n) is 6.80. The van der Waals surface area contributed by atoms with Crippen molar-refractivity contribution in [3.05, 3.63) is 47.3 Å². The van der Waals surface area contributed by atoms with E-state index < -0.39 is 5.97 Å². The highest BCUT2D eigenvalue weighted by atomic mass is 16.4. The lowest BCUT2D eigenvalue weighted by Crippen LogP contribution is -2.00. The van der Waals surface area contributed by atoms with Gasteiger partial charge in [0.25, 0.3) is 0 Å². The molecule has 0 aliphatic heterocycles. The van der Waals surface area contributed by atoms with E-state index in [1.54, 1.807) is 0 Å². The third kappa shape index (κ3) is 4.50. The fraction of sp³-hybridized carbons (Fsp3) is 0.400. The Kier molecular flexibility index (Phi) is 4.87. The Balaban J connectivity index is 1.82. The Morgan fingerprint density at radius 3 is 2.70 bits per heavy atom. The normalized spacial score (nSPS) is 10.7. The minimum Gasteiger partial charge on any atom is -0.481 e. The molecule has 0 saturated heterocycles. The van der Waals surface area contributed by atoms with E-state index in [2.05, 4.69) is 41.5 Å². The molecule has 2 rings (SSSR count). The molecule has 0 bridgehead atoms. The number of benzene rings is 1. The summed E-state index contributed by atoms with van der Waals surface area (Å²) in [5.41, 5.74) is 3.35. The molecule has 1 aromatic carbocycles. The lowest BCUT2D eigenvalue weighted by Gasteiger charge is -2.01. The molecule has 1 aromatic heterocycles. The molecule has 5 heteroatoms. The number of aromatic nitrogens is 3. The third-order valence-electron chi connectivity index (χ3n) is 3.12. The van der Waals surface area contributed by atoms with Crippen LogP contribution in [0.2, 0.25) is 0 Å². The number of aliphatic carboxylic acids is 1. The van der Waals surface area contributed by atoms with Crippen molar-refractivity contribution in [2.45, 2.75) is 39.2 Å². The van der Waals surface area contributed by atoms with E-state index in [1.807, 2.05) is 10.9 Å². The largest absolute Gasteiger partial charge is 0.481 e. The minimum atomic E-state index is -0.743. The van der Waals surface area contributed by atoms with E-state index in [0.717, 1.165) is 18.5 Å². The van der Waals surface area contributed by atoms with E-state index >= 15 is 0 Å². The molecule has 20 heavy (non-hydrogen) atoms. The number of carboxylic acid groups (broad SMARTS) is 1. The first-order valence-corrected chi connectivity index (χ1v) is 6.80. The Bertz CT molecular complexity index is 561. The number of unbranched alkanes of at least 4 members (excludes halogenated alkanes) is 1. The van der Waals surface area contributed by atoms with Gasteiger partial charge >= 0.3 is 5.97 Å². The summed E-state index contributed by atoms with van der Waals surface area (Å²) in [5.74, 6) is -0.743. The fourth-order valence-electron chi connectivity index (χ4n) is 1.99. The van der Waals surface area contributed by atoms with Crippen LogP contribution >= 0.6 is 0 Å². The van der Waals surface area contributed by atoms with Crippen molar-refractivity contribution >= 4 is 5.97 Å². The molecule has 0 saturated carbocycles. The molecule has 5 nitrogen and oxygen atoms in total. The van der Waals surface area contributed by atoms with Crippen molar-refractivity contribution in [1.29, 1.82) is 0 Å². The summed E-state index contributed by atoms with van der Waals surface area (Å²) in [5, 5.41) is 16.8. The van der Waals surface area contributed by atoms with Crippen LogP contribution < -0.4 is 0 Å². The molecule has 1 N–H and O–H groups in total. The van der Waals surface area contributed by atoms with E-state index in [0.29, 0.717) is 13.0 Å². The summed E-state index contributed by atoms with van der Waals surface area (Å²) < 4.78 is 1.82. The monoisotopic (exact) mass is 273 g/mol. The number of aryl methyl sites for hydroxylation is 2. The maximum Gasteiger partial charge on any atom is 0.303 e. The van der Waals surface area contributed by atoms with Crippen LogP contribution in [-0.2, 0) is 17.8 Å². The molecule has 0 aliphatic rings. The van der Waals surface area contributed by atoms with Gasteiger partial charge in [-0.15, -0.1) is 5.10 Å². The van der Waals surface area contributed by atoms with Crippen molar-refractivity contribution in [2.75, 3.05) is 0 Å². The smallest absolute Gasteiger partial charge is 0.303 e. The average Bonchev–Trinajstić information content (AvgIpc) is 2.85. The molecule has 0 aliphatic carbocycles. The number of hydrogen-bond acceptors (Lipinski definition) is 3. The summed E-state index contributed by atoms with van der Waals surface area (Å²) in [4.78, 5) is 10.4. The molecule has 2 aromatic rings. The Morgan fingerprint density at radius 2 is 2.00 bits per heavy atom. The van der Waals surface area contributed by atoms with Crippen molar-refractivity contribution in [1.82, 2.24) is 15.0 Å². The topological polar surface area (TPSA) is 68.0 Å². The summed E-state index contributed by atoms with van der Waals surface area (Å²) in [7, 11) is 0. The zero-order valence-electron chi connectivity index (χ0n) is 11.6. The van der Waals surface area contributed by atoms with Crippen LogP contribution in [0.5, 0.6) is 0 Å². The SMILES string of the molecule is Cc1ccc(Cn2cc(CCCCC(=O)O)nn2)cc1. The molecule has 106 valence electrons. The molecule has 0 unspecified atom stereocenters. The fourth-order valence-corrected chi connectivity index (χ4v) is 1.99. The standard InChI is InChI=1S/C15H19N3O2/c1-12-6-8-13(9-7-12)10-18-11-14(16-17-18)4-2-3-5-15(19)20/h6-9,11H,2-5,10H2,1H3,(H,19,20). The second-order valence-electron chi connectivity index (χ2n) is 4.99. The lowest BCUT2D eigenvalue weighted by atomic mass is 10.1. The van der Waals surface area contributed by atoms with Crippen LogP contribution in [0.3, 0.4) is 0 Å². The van der Waals surface area contributed by atoms with Crippen molar-refractivity contribution in [3.8, 4) is 0 Å². The predicted octanol–water partition coefficient (Wildman–Crippen LogP) is 2.43. The van der Waals surface area contributed by atoms with E-state index in [1.165, 1.54) is 11.1 Å². The zero-order valence-corrected chi connectivity index (χ0v) is 11.6. The van der Waals surface area contributed by atoms with Crippen molar-refractivity contribution < 1.29 is 9.90 Å². The predicted molar refractivity (Wildman–Crippen MR) is 75.5 cm³/mol. The molecule has 1 heterocycles. The third-order valence-corrected chi connectivity index (χ3v) is 3.12. The number of carboxylic acids is 1. The molecular weight excluding hydrogens is 254 g/mol. The van der Waals surface area contributed by atoms with Crippen LogP contribution in [0.1, 0.15) is 36.1 Å².